The Morgan fingerprint density at radius 3 is 3.00 bits per heavy atom. The number of furan rings is 1. The summed E-state index contributed by atoms with van der Waals surface area (Å²) in [6.45, 7) is 0.593. The smallest absolute Gasteiger partial charge is 0.150 e. The van der Waals surface area contributed by atoms with Gasteiger partial charge < -0.3 is 13.9 Å². The molecule has 0 radical (unpaired) electrons. The van der Waals surface area contributed by atoms with Crippen molar-refractivity contribution in [3.05, 3.63) is 35.6 Å². The van der Waals surface area contributed by atoms with Crippen molar-refractivity contribution in [2.45, 2.75) is 6.61 Å². The van der Waals surface area contributed by atoms with E-state index in [4.69, 9.17) is 13.9 Å². The van der Waals surface area contributed by atoms with Crippen LogP contribution in [0.5, 0.6) is 0 Å². The monoisotopic (exact) mass is 220 g/mol. The third-order valence-electron chi connectivity index (χ3n) is 2.17. The summed E-state index contributed by atoms with van der Waals surface area (Å²) in [4.78, 5) is 10.6. The average molecular weight is 220 g/mol. The van der Waals surface area contributed by atoms with Crippen LogP contribution in [-0.2, 0) is 16.1 Å². The fourth-order valence-electron chi connectivity index (χ4n) is 1.49. The Morgan fingerprint density at radius 1 is 1.38 bits per heavy atom. The molecule has 0 saturated heterocycles. The first-order valence-corrected chi connectivity index (χ1v) is 4.88. The molecule has 0 aliphatic rings. The molecule has 0 fully saturated rings. The molecular formula is C12H12O4. The van der Waals surface area contributed by atoms with E-state index in [0.29, 0.717) is 12.2 Å². The van der Waals surface area contributed by atoms with Gasteiger partial charge in [-0.3, -0.25) is 4.79 Å². The Balaban J connectivity index is 2.19. The summed E-state index contributed by atoms with van der Waals surface area (Å²) >= 11 is 0. The zero-order valence-corrected chi connectivity index (χ0v) is 8.93. The lowest BCUT2D eigenvalue weighted by atomic mass is 10.2. The maximum absolute atomic E-state index is 10.6. The van der Waals surface area contributed by atoms with Gasteiger partial charge in [-0.25, -0.2) is 0 Å². The number of carbonyl (C=O) groups is 1. The second kappa shape index (κ2) is 4.92. The maximum atomic E-state index is 10.6. The van der Waals surface area contributed by atoms with E-state index in [1.165, 1.54) is 0 Å². The Bertz CT molecular complexity index is 487. The van der Waals surface area contributed by atoms with Gasteiger partial charge >= 0.3 is 0 Å². The summed E-state index contributed by atoms with van der Waals surface area (Å²) in [6.07, 6.45) is 0.813. The Hall–Kier alpha value is -1.65. The number of methoxy groups -OCH3 is 1. The van der Waals surface area contributed by atoms with Crippen LogP contribution >= 0.6 is 0 Å². The van der Waals surface area contributed by atoms with Crippen molar-refractivity contribution in [2.24, 2.45) is 0 Å². The van der Waals surface area contributed by atoms with Crippen molar-refractivity contribution >= 4 is 17.3 Å². The standard InChI is InChI=1S/C12H12O4/c1-14-8-15-7-11-5-10-4-9(6-13)2-3-12(10)16-11/h2-6H,7-8H2,1H3. The molecule has 4 nitrogen and oxygen atoms in total. The number of rotatable bonds is 5. The molecule has 84 valence electrons. The molecule has 0 spiro atoms. The van der Waals surface area contributed by atoms with Gasteiger partial charge in [0.2, 0.25) is 0 Å². The van der Waals surface area contributed by atoms with Crippen molar-refractivity contribution in [2.75, 3.05) is 13.9 Å². The molecule has 2 rings (SSSR count). The minimum absolute atomic E-state index is 0.233. The van der Waals surface area contributed by atoms with Crippen LogP contribution in [0.3, 0.4) is 0 Å². The van der Waals surface area contributed by atoms with E-state index in [-0.39, 0.29) is 6.79 Å². The van der Waals surface area contributed by atoms with E-state index in [1.54, 1.807) is 25.3 Å². The van der Waals surface area contributed by atoms with Crippen LogP contribution < -0.4 is 0 Å². The van der Waals surface area contributed by atoms with Gasteiger partial charge in [0, 0.05) is 18.1 Å². The van der Waals surface area contributed by atoms with Gasteiger partial charge in [-0.1, -0.05) is 0 Å². The predicted molar refractivity (Wildman–Crippen MR) is 58.3 cm³/mol. The van der Waals surface area contributed by atoms with Crippen molar-refractivity contribution in [3.63, 3.8) is 0 Å². The van der Waals surface area contributed by atoms with E-state index in [0.717, 1.165) is 23.0 Å². The minimum atomic E-state index is 0.233. The lowest BCUT2D eigenvalue weighted by molar-refractivity contribution is -0.0437. The van der Waals surface area contributed by atoms with Gasteiger partial charge in [-0.05, 0) is 24.3 Å². The van der Waals surface area contributed by atoms with Gasteiger partial charge in [0.05, 0.1) is 0 Å². The molecule has 0 N–H and O–H groups in total. The quantitative estimate of drug-likeness (QED) is 0.441. The highest BCUT2D eigenvalue weighted by Crippen LogP contribution is 2.20. The van der Waals surface area contributed by atoms with E-state index in [1.807, 2.05) is 6.07 Å². The highest BCUT2D eigenvalue weighted by Gasteiger charge is 2.04. The Kier molecular flexibility index (Phi) is 3.34. The van der Waals surface area contributed by atoms with Gasteiger partial charge in [-0.15, -0.1) is 0 Å². The number of hydrogen-bond acceptors (Lipinski definition) is 4. The third-order valence-corrected chi connectivity index (χ3v) is 2.17. The normalized spacial score (nSPS) is 10.8. The van der Waals surface area contributed by atoms with Crippen LogP contribution in [0.1, 0.15) is 16.1 Å². The molecule has 16 heavy (non-hydrogen) atoms. The lowest BCUT2D eigenvalue weighted by Crippen LogP contribution is -1.95. The summed E-state index contributed by atoms with van der Waals surface area (Å²) in [5.41, 5.74) is 1.39. The summed E-state index contributed by atoms with van der Waals surface area (Å²) in [7, 11) is 1.56. The number of ether oxygens (including phenoxy) is 2. The molecule has 4 heteroatoms. The largest absolute Gasteiger partial charge is 0.459 e. The van der Waals surface area contributed by atoms with Crippen molar-refractivity contribution in [1.29, 1.82) is 0 Å². The second-order valence-corrected chi connectivity index (χ2v) is 3.38. The van der Waals surface area contributed by atoms with Crippen molar-refractivity contribution in [3.8, 4) is 0 Å². The van der Waals surface area contributed by atoms with Crippen LogP contribution in [-0.4, -0.2) is 20.2 Å². The predicted octanol–water partition coefficient (Wildman–Crippen LogP) is 2.37. The molecule has 1 heterocycles. The number of hydrogen-bond donors (Lipinski definition) is 0. The lowest BCUT2D eigenvalue weighted by Gasteiger charge is -1.97. The third kappa shape index (κ3) is 2.29. The molecule has 1 aromatic carbocycles. The van der Waals surface area contributed by atoms with Gasteiger partial charge in [0.25, 0.3) is 0 Å². The summed E-state index contributed by atoms with van der Waals surface area (Å²) < 4.78 is 15.5. The number of aldehydes is 1. The number of carbonyl (C=O) groups excluding carboxylic acids is 1. The Morgan fingerprint density at radius 2 is 2.25 bits per heavy atom. The average Bonchev–Trinajstić information content (AvgIpc) is 2.70. The summed E-state index contributed by atoms with van der Waals surface area (Å²) in [6, 6.07) is 7.14. The van der Waals surface area contributed by atoms with Crippen molar-refractivity contribution in [1.82, 2.24) is 0 Å². The molecule has 1 aromatic heterocycles. The first-order valence-electron chi connectivity index (χ1n) is 4.88. The Labute approximate surface area is 92.8 Å². The van der Waals surface area contributed by atoms with E-state index < -0.39 is 0 Å². The summed E-state index contributed by atoms with van der Waals surface area (Å²) in [5.74, 6) is 0.718. The fourth-order valence-corrected chi connectivity index (χ4v) is 1.49. The van der Waals surface area contributed by atoms with Crippen LogP contribution in [0.2, 0.25) is 0 Å². The number of fused-ring (bicyclic) bond motifs is 1. The highest BCUT2D eigenvalue weighted by molar-refractivity contribution is 5.86. The maximum Gasteiger partial charge on any atom is 0.150 e. The molecule has 0 aliphatic heterocycles. The zero-order valence-electron chi connectivity index (χ0n) is 8.93. The second-order valence-electron chi connectivity index (χ2n) is 3.38. The molecule has 0 atom stereocenters. The van der Waals surface area contributed by atoms with E-state index >= 15 is 0 Å². The molecule has 0 unspecified atom stereocenters. The van der Waals surface area contributed by atoms with Gasteiger partial charge in [0.15, 0.2) is 0 Å². The zero-order chi connectivity index (χ0) is 11.4. The van der Waals surface area contributed by atoms with Crippen LogP contribution in [0.4, 0.5) is 0 Å². The highest BCUT2D eigenvalue weighted by atomic mass is 16.7. The molecule has 0 bridgehead atoms. The molecule has 0 aliphatic carbocycles. The summed E-state index contributed by atoms with van der Waals surface area (Å²) in [5, 5.41) is 0.903. The fraction of sp³-hybridized carbons (Fsp3) is 0.250. The molecule has 0 amide bonds. The van der Waals surface area contributed by atoms with Gasteiger partial charge in [0.1, 0.15) is 31.0 Å². The van der Waals surface area contributed by atoms with E-state index in [2.05, 4.69) is 0 Å². The SMILES string of the molecule is COCOCc1cc2cc(C=O)ccc2o1. The van der Waals surface area contributed by atoms with Crippen LogP contribution in [0.15, 0.2) is 28.7 Å². The van der Waals surface area contributed by atoms with Crippen molar-refractivity contribution < 1.29 is 18.7 Å². The first-order chi connectivity index (χ1) is 7.83. The first kappa shape index (κ1) is 10.9. The molecule has 2 aromatic rings. The van der Waals surface area contributed by atoms with Crippen LogP contribution in [0, 0.1) is 0 Å². The molecular weight excluding hydrogens is 208 g/mol. The topological polar surface area (TPSA) is 48.7 Å². The molecule has 0 saturated carbocycles. The van der Waals surface area contributed by atoms with Crippen LogP contribution in [0.25, 0.3) is 11.0 Å². The minimum Gasteiger partial charge on any atom is -0.459 e. The van der Waals surface area contributed by atoms with Gasteiger partial charge in [-0.2, -0.15) is 0 Å². The van der Waals surface area contributed by atoms with E-state index in [9.17, 15) is 4.79 Å². The number of benzene rings is 1.